The van der Waals surface area contributed by atoms with Crippen LogP contribution in [0.15, 0.2) is 54.1 Å². The molecule has 0 aromatic heterocycles. The van der Waals surface area contributed by atoms with Gasteiger partial charge in [0.25, 0.3) is 17.4 Å². The number of nitrogens with zero attached hydrogens (tertiary/aromatic N) is 3. The first-order valence-electron chi connectivity index (χ1n) is 10.3. The number of rotatable bonds is 8. The number of amides is 1. The number of hydrogen-bond donors (Lipinski definition) is 1. The quantitative estimate of drug-likeness (QED) is 0.211. The Kier molecular flexibility index (Phi) is 7.27. The molecule has 1 N–H and O–H groups in total. The van der Waals surface area contributed by atoms with Crippen molar-refractivity contribution in [1.82, 2.24) is 9.80 Å². The molecule has 2 aromatic rings. The second-order valence-electron chi connectivity index (χ2n) is 7.38. The zero-order chi connectivity index (χ0) is 23.4. The summed E-state index contributed by atoms with van der Waals surface area (Å²) >= 11 is 5.93. The van der Waals surface area contributed by atoms with E-state index in [1.165, 1.54) is 23.1 Å². The summed E-state index contributed by atoms with van der Waals surface area (Å²) in [6.45, 7) is 6.29. The molecule has 1 aliphatic rings. The Morgan fingerprint density at radius 2 is 1.81 bits per heavy atom. The second-order valence-corrected chi connectivity index (χ2v) is 7.81. The van der Waals surface area contributed by atoms with Crippen LogP contribution < -0.4 is 0 Å². The fraction of sp³-hybridized carbons (Fsp3) is 0.304. The van der Waals surface area contributed by atoms with Gasteiger partial charge in [-0.15, -0.1) is 0 Å². The van der Waals surface area contributed by atoms with Gasteiger partial charge in [0.2, 0.25) is 0 Å². The topological polar surface area (TPSA) is 104 Å². The summed E-state index contributed by atoms with van der Waals surface area (Å²) in [6.07, 6.45) is 0. The molecule has 0 spiro atoms. The largest absolute Gasteiger partial charge is 0.507 e. The molecule has 0 saturated carbocycles. The molecule has 0 radical (unpaired) electrons. The first kappa shape index (κ1) is 23.4. The predicted molar refractivity (Wildman–Crippen MR) is 121 cm³/mol. The highest BCUT2D eigenvalue weighted by molar-refractivity contribution is 6.46. The number of likely N-dealkylation sites (tertiary alicyclic amines) is 1. The summed E-state index contributed by atoms with van der Waals surface area (Å²) in [5.41, 5.74) is 0.445. The monoisotopic (exact) mass is 457 g/mol. The summed E-state index contributed by atoms with van der Waals surface area (Å²) in [5.74, 6) is -1.92. The van der Waals surface area contributed by atoms with Gasteiger partial charge in [-0.05, 0) is 42.9 Å². The Bertz CT molecular complexity index is 1060. The van der Waals surface area contributed by atoms with Gasteiger partial charge < -0.3 is 14.9 Å². The molecule has 8 nitrogen and oxygen atoms in total. The number of non-ortho nitro benzene ring substituents is 1. The van der Waals surface area contributed by atoms with Crippen molar-refractivity contribution in [3.8, 4) is 0 Å². The average molecular weight is 458 g/mol. The van der Waals surface area contributed by atoms with Crippen LogP contribution in [0.5, 0.6) is 0 Å². The fourth-order valence-electron chi connectivity index (χ4n) is 3.82. The van der Waals surface area contributed by atoms with Gasteiger partial charge in [0.15, 0.2) is 0 Å². The molecular weight excluding hydrogens is 434 g/mol. The molecule has 0 bridgehead atoms. The van der Waals surface area contributed by atoms with Gasteiger partial charge in [-0.3, -0.25) is 19.7 Å². The third-order valence-electron chi connectivity index (χ3n) is 5.61. The van der Waals surface area contributed by atoms with Crippen molar-refractivity contribution in [2.24, 2.45) is 0 Å². The van der Waals surface area contributed by atoms with Gasteiger partial charge in [-0.1, -0.05) is 37.6 Å². The number of ketones is 1. The van der Waals surface area contributed by atoms with E-state index in [9.17, 15) is 24.8 Å². The van der Waals surface area contributed by atoms with Gasteiger partial charge in [-0.25, -0.2) is 0 Å². The minimum Gasteiger partial charge on any atom is -0.507 e. The van der Waals surface area contributed by atoms with Gasteiger partial charge in [0.05, 0.1) is 16.5 Å². The maximum atomic E-state index is 13.0. The van der Waals surface area contributed by atoms with Crippen LogP contribution in [0.4, 0.5) is 5.69 Å². The summed E-state index contributed by atoms with van der Waals surface area (Å²) in [7, 11) is 0. The van der Waals surface area contributed by atoms with Crippen molar-refractivity contribution in [3.63, 3.8) is 0 Å². The van der Waals surface area contributed by atoms with Crippen LogP contribution in [0.1, 0.15) is 31.0 Å². The number of hydrogen-bond acceptors (Lipinski definition) is 6. The number of likely N-dealkylation sites (N-methyl/N-ethyl adjacent to an activating group) is 1. The number of benzene rings is 2. The smallest absolute Gasteiger partial charge is 0.295 e. The van der Waals surface area contributed by atoms with E-state index in [0.717, 1.165) is 13.1 Å². The van der Waals surface area contributed by atoms with Crippen LogP contribution >= 0.6 is 11.6 Å². The SMILES string of the molecule is CCN(CC)CCN1C(=O)C(=O)/C(=C(\O)c2ccc(Cl)cc2)C1c1cccc([N+](=O)[O-])c1. The van der Waals surface area contributed by atoms with E-state index in [1.807, 2.05) is 13.8 Å². The van der Waals surface area contributed by atoms with E-state index in [0.29, 0.717) is 22.7 Å². The zero-order valence-corrected chi connectivity index (χ0v) is 18.6. The van der Waals surface area contributed by atoms with E-state index >= 15 is 0 Å². The van der Waals surface area contributed by atoms with Crippen LogP contribution in [0.2, 0.25) is 5.02 Å². The van der Waals surface area contributed by atoms with Gasteiger partial charge in [-0.2, -0.15) is 0 Å². The molecule has 1 heterocycles. The number of carbonyl (C=O) groups is 2. The molecular formula is C23H24ClN3O5. The molecule has 1 saturated heterocycles. The van der Waals surface area contributed by atoms with Gasteiger partial charge >= 0.3 is 0 Å². The maximum Gasteiger partial charge on any atom is 0.295 e. The number of carbonyl (C=O) groups excluding carboxylic acids is 2. The van der Waals surface area contributed by atoms with Crippen molar-refractivity contribution in [3.05, 3.63) is 80.4 Å². The highest BCUT2D eigenvalue weighted by atomic mass is 35.5. The lowest BCUT2D eigenvalue weighted by atomic mass is 9.95. The van der Waals surface area contributed by atoms with Crippen LogP contribution in [0.25, 0.3) is 5.76 Å². The van der Waals surface area contributed by atoms with E-state index in [-0.39, 0.29) is 23.6 Å². The lowest BCUT2D eigenvalue weighted by Crippen LogP contribution is -2.38. The minimum absolute atomic E-state index is 0.0997. The number of nitro groups is 1. The average Bonchev–Trinajstić information content (AvgIpc) is 3.04. The highest BCUT2D eigenvalue weighted by Gasteiger charge is 2.46. The molecule has 0 aliphatic carbocycles. The highest BCUT2D eigenvalue weighted by Crippen LogP contribution is 2.40. The first-order chi connectivity index (χ1) is 15.3. The van der Waals surface area contributed by atoms with E-state index < -0.39 is 22.7 Å². The third-order valence-corrected chi connectivity index (χ3v) is 5.86. The van der Waals surface area contributed by atoms with Crippen molar-refractivity contribution in [2.75, 3.05) is 26.2 Å². The first-order valence-corrected chi connectivity index (χ1v) is 10.7. The molecule has 1 atom stereocenters. The molecule has 168 valence electrons. The van der Waals surface area contributed by atoms with Gasteiger partial charge in [0.1, 0.15) is 5.76 Å². The molecule has 2 aromatic carbocycles. The van der Waals surface area contributed by atoms with Crippen molar-refractivity contribution in [1.29, 1.82) is 0 Å². The zero-order valence-electron chi connectivity index (χ0n) is 17.8. The standard InChI is InChI=1S/C23H24ClN3O5/c1-3-25(4-2)12-13-26-20(16-6-5-7-18(14-16)27(31)32)19(22(29)23(26)30)21(28)15-8-10-17(24)11-9-15/h5-11,14,20,28H,3-4,12-13H2,1-2H3/b21-19-. The van der Waals surface area contributed by atoms with Crippen molar-refractivity contribution in [2.45, 2.75) is 19.9 Å². The van der Waals surface area contributed by atoms with Crippen molar-refractivity contribution >= 4 is 34.7 Å². The van der Waals surface area contributed by atoms with E-state index in [2.05, 4.69) is 4.90 Å². The Balaban J connectivity index is 2.13. The number of Topliss-reactive ketones (excluding diaryl/α,β-unsaturated/α-hetero) is 1. The molecule has 1 unspecified atom stereocenters. The van der Waals surface area contributed by atoms with Crippen LogP contribution in [-0.4, -0.2) is 57.7 Å². The molecule has 1 amide bonds. The maximum absolute atomic E-state index is 13.0. The van der Waals surface area contributed by atoms with Crippen molar-refractivity contribution < 1.29 is 19.6 Å². The van der Waals surface area contributed by atoms with E-state index in [1.54, 1.807) is 30.3 Å². The number of nitro benzene ring substituents is 1. The molecule has 1 fully saturated rings. The lowest BCUT2D eigenvalue weighted by molar-refractivity contribution is -0.384. The number of aliphatic hydroxyl groups excluding tert-OH is 1. The minimum atomic E-state index is -0.943. The van der Waals surface area contributed by atoms with Crippen LogP contribution in [-0.2, 0) is 9.59 Å². The summed E-state index contributed by atoms with van der Waals surface area (Å²) in [6, 6.07) is 11.1. The Hall–Kier alpha value is -3.23. The number of halogens is 1. The van der Waals surface area contributed by atoms with Gasteiger partial charge in [0, 0.05) is 35.8 Å². The molecule has 32 heavy (non-hydrogen) atoms. The van der Waals surface area contributed by atoms with E-state index in [4.69, 9.17) is 11.6 Å². The third kappa shape index (κ3) is 4.66. The fourth-order valence-corrected chi connectivity index (χ4v) is 3.94. The summed E-state index contributed by atoms with van der Waals surface area (Å²) < 4.78 is 0. The molecule has 1 aliphatic heterocycles. The summed E-state index contributed by atoms with van der Waals surface area (Å²) in [4.78, 5) is 40.2. The Labute approximate surface area is 190 Å². The van der Waals surface area contributed by atoms with Crippen LogP contribution in [0, 0.1) is 10.1 Å². The lowest BCUT2D eigenvalue weighted by Gasteiger charge is -2.28. The number of aliphatic hydroxyl groups is 1. The second kappa shape index (κ2) is 9.93. The Morgan fingerprint density at radius 1 is 1.16 bits per heavy atom. The van der Waals surface area contributed by atoms with Crippen LogP contribution in [0.3, 0.4) is 0 Å². The molecule has 9 heteroatoms. The Morgan fingerprint density at radius 3 is 2.41 bits per heavy atom. The molecule has 3 rings (SSSR count). The summed E-state index contributed by atoms with van der Waals surface area (Å²) in [5, 5.41) is 22.8. The predicted octanol–water partition coefficient (Wildman–Crippen LogP) is 4.01. The normalized spacial score (nSPS) is 17.9.